The van der Waals surface area contributed by atoms with Gasteiger partial charge in [-0.25, -0.2) is 4.98 Å². The summed E-state index contributed by atoms with van der Waals surface area (Å²) in [6.07, 6.45) is 4.07. The van der Waals surface area contributed by atoms with Crippen molar-refractivity contribution in [3.05, 3.63) is 18.1 Å². The lowest BCUT2D eigenvalue weighted by molar-refractivity contribution is 0.346. The first-order valence-corrected chi connectivity index (χ1v) is 6.88. The van der Waals surface area contributed by atoms with Crippen LogP contribution in [0.4, 0.5) is 5.82 Å². The van der Waals surface area contributed by atoms with Gasteiger partial charge in [0.1, 0.15) is 12.1 Å². The van der Waals surface area contributed by atoms with Crippen LogP contribution in [-0.4, -0.2) is 38.7 Å². The van der Waals surface area contributed by atoms with Gasteiger partial charge >= 0.3 is 0 Å². The third-order valence-electron chi connectivity index (χ3n) is 3.80. The summed E-state index contributed by atoms with van der Waals surface area (Å²) in [5.74, 6) is 2.27. The Bertz CT molecular complexity index is 557. The monoisotopic (exact) mass is 260 g/mol. The molecule has 1 fully saturated rings. The smallest absolute Gasteiger partial charge is 0.254 e. The van der Waals surface area contributed by atoms with Crippen molar-refractivity contribution >= 4 is 11.6 Å². The molecule has 2 aromatic rings. The van der Waals surface area contributed by atoms with Gasteiger partial charge in [-0.3, -0.25) is 0 Å². The van der Waals surface area contributed by atoms with E-state index >= 15 is 0 Å². The van der Waals surface area contributed by atoms with Gasteiger partial charge in [0.15, 0.2) is 0 Å². The first-order valence-electron chi connectivity index (χ1n) is 6.88. The summed E-state index contributed by atoms with van der Waals surface area (Å²) in [6.45, 7) is 6.44. The fourth-order valence-electron chi connectivity index (χ4n) is 2.69. The molecule has 1 aliphatic heterocycles. The molecule has 3 heterocycles. The number of nitrogens with one attached hydrogen (secondary N) is 2. The van der Waals surface area contributed by atoms with Crippen LogP contribution in [0.1, 0.15) is 25.5 Å². The molecule has 0 spiro atoms. The largest absolute Gasteiger partial charge is 0.367 e. The predicted octanol–water partition coefficient (Wildman–Crippen LogP) is 1.23. The van der Waals surface area contributed by atoms with Crippen LogP contribution in [0.25, 0.3) is 5.78 Å². The molecule has 102 valence electrons. The number of rotatable bonds is 3. The highest BCUT2D eigenvalue weighted by atomic mass is 15.4. The standard InChI is InChI=1S/C13H20N6/c1-9-6-12(19-13(17-9)15-8-16-19)18-10(2)11-4-3-5-14-7-11/h6,8,10-11,14,18H,3-5,7H2,1-2H3. The van der Waals surface area contributed by atoms with Crippen LogP contribution in [0.5, 0.6) is 0 Å². The van der Waals surface area contributed by atoms with E-state index in [2.05, 4.69) is 32.6 Å². The molecule has 2 unspecified atom stereocenters. The van der Waals surface area contributed by atoms with Crippen LogP contribution in [0.15, 0.2) is 12.4 Å². The Morgan fingerprint density at radius 1 is 1.53 bits per heavy atom. The van der Waals surface area contributed by atoms with Gasteiger partial charge in [0.2, 0.25) is 0 Å². The molecular formula is C13H20N6. The van der Waals surface area contributed by atoms with Crippen LogP contribution < -0.4 is 10.6 Å². The van der Waals surface area contributed by atoms with E-state index in [0.29, 0.717) is 17.7 Å². The number of aromatic nitrogens is 4. The van der Waals surface area contributed by atoms with Gasteiger partial charge in [0, 0.05) is 17.8 Å². The summed E-state index contributed by atoms with van der Waals surface area (Å²) in [5.41, 5.74) is 0.956. The number of fused-ring (bicyclic) bond motifs is 1. The zero-order valence-corrected chi connectivity index (χ0v) is 11.4. The molecule has 6 heteroatoms. The average molecular weight is 260 g/mol. The molecule has 1 saturated heterocycles. The van der Waals surface area contributed by atoms with Gasteiger partial charge in [0.05, 0.1) is 0 Å². The number of nitrogens with zero attached hydrogens (tertiary/aromatic N) is 4. The summed E-state index contributed by atoms with van der Waals surface area (Å²) in [7, 11) is 0. The predicted molar refractivity (Wildman–Crippen MR) is 74.2 cm³/mol. The second-order valence-electron chi connectivity index (χ2n) is 5.29. The molecule has 2 N–H and O–H groups in total. The van der Waals surface area contributed by atoms with E-state index < -0.39 is 0 Å². The number of anilines is 1. The van der Waals surface area contributed by atoms with Crippen LogP contribution in [0.3, 0.4) is 0 Å². The SMILES string of the molecule is Cc1cc(NC(C)C2CCCNC2)n2ncnc2n1. The van der Waals surface area contributed by atoms with E-state index in [1.54, 1.807) is 10.8 Å². The van der Waals surface area contributed by atoms with Crippen LogP contribution in [0, 0.1) is 12.8 Å². The Morgan fingerprint density at radius 2 is 2.42 bits per heavy atom. The molecule has 0 saturated carbocycles. The molecule has 1 aliphatic rings. The van der Waals surface area contributed by atoms with Crippen LogP contribution >= 0.6 is 0 Å². The quantitative estimate of drug-likeness (QED) is 0.869. The third kappa shape index (κ3) is 2.53. The Labute approximate surface area is 112 Å². The van der Waals surface area contributed by atoms with E-state index in [4.69, 9.17) is 0 Å². The van der Waals surface area contributed by atoms with Crippen molar-refractivity contribution in [2.24, 2.45) is 5.92 Å². The Kier molecular flexibility index (Phi) is 3.33. The highest BCUT2D eigenvalue weighted by molar-refractivity contribution is 5.45. The molecule has 19 heavy (non-hydrogen) atoms. The van der Waals surface area contributed by atoms with Gasteiger partial charge in [-0.2, -0.15) is 14.6 Å². The second-order valence-corrected chi connectivity index (χ2v) is 5.29. The fraction of sp³-hybridized carbons (Fsp3) is 0.615. The molecule has 6 nitrogen and oxygen atoms in total. The molecule has 0 amide bonds. The summed E-state index contributed by atoms with van der Waals surface area (Å²) in [5, 5.41) is 11.2. The van der Waals surface area contributed by atoms with Crippen molar-refractivity contribution < 1.29 is 0 Å². The molecule has 2 atom stereocenters. The minimum atomic E-state index is 0.405. The second kappa shape index (κ2) is 5.13. The number of hydrogen-bond acceptors (Lipinski definition) is 5. The molecule has 0 bridgehead atoms. The molecule has 0 radical (unpaired) electrons. The third-order valence-corrected chi connectivity index (χ3v) is 3.80. The number of aryl methyl sites for hydroxylation is 1. The lowest BCUT2D eigenvalue weighted by Crippen LogP contribution is -2.39. The summed E-state index contributed by atoms with van der Waals surface area (Å²) in [4.78, 5) is 8.50. The van der Waals surface area contributed by atoms with Gasteiger partial charge in [-0.05, 0) is 45.7 Å². The molecular weight excluding hydrogens is 240 g/mol. The Balaban J connectivity index is 1.82. The maximum Gasteiger partial charge on any atom is 0.254 e. The van der Waals surface area contributed by atoms with E-state index in [-0.39, 0.29) is 0 Å². The molecule has 0 aliphatic carbocycles. The number of piperidine rings is 1. The lowest BCUT2D eigenvalue weighted by Gasteiger charge is -2.29. The zero-order chi connectivity index (χ0) is 13.2. The van der Waals surface area contributed by atoms with E-state index in [1.807, 2.05) is 13.0 Å². The minimum Gasteiger partial charge on any atom is -0.367 e. The lowest BCUT2D eigenvalue weighted by atomic mass is 9.93. The highest BCUT2D eigenvalue weighted by Gasteiger charge is 2.20. The fourth-order valence-corrected chi connectivity index (χ4v) is 2.69. The van der Waals surface area contributed by atoms with Gasteiger partial charge in [-0.1, -0.05) is 0 Å². The van der Waals surface area contributed by atoms with Crippen LogP contribution in [0.2, 0.25) is 0 Å². The van der Waals surface area contributed by atoms with Crippen molar-refractivity contribution in [3.8, 4) is 0 Å². The van der Waals surface area contributed by atoms with Gasteiger partial charge in [-0.15, -0.1) is 0 Å². The minimum absolute atomic E-state index is 0.405. The molecule has 3 rings (SSSR count). The summed E-state index contributed by atoms with van der Waals surface area (Å²) < 4.78 is 1.76. The molecule has 2 aromatic heterocycles. The number of hydrogen-bond donors (Lipinski definition) is 2. The van der Waals surface area contributed by atoms with Gasteiger partial charge < -0.3 is 10.6 Å². The summed E-state index contributed by atoms with van der Waals surface area (Å²) in [6, 6.07) is 2.43. The van der Waals surface area contributed by atoms with Crippen molar-refractivity contribution in [1.29, 1.82) is 0 Å². The van der Waals surface area contributed by atoms with Crippen LogP contribution in [-0.2, 0) is 0 Å². The van der Waals surface area contributed by atoms with Crippen molar-refractivity contribution in [2.75, 3.05) is 18.4 Å². The highest BCUT2D eigenvalue weighted by Crippen LogP contribution is 2.19. The Hall–Kier alpha value is -1.69. The van der Waals surface area contributed by atoms with Crippen molar-refractivity contribution in [2.45, 2.75) is 32.7 Å². The first kappa shape index (κ1) is 12.3. The average Bonchev–Trinajstić information content (AvgIpc) is 2.88. The Morgan fingerprint density at radius 3 is 3.21 bits per heavy atom. The zero-order valence-electron chi connectivity index (χ0n) is 11.4. The van der Waals surface area contributed by atoms with Crippen molar-refractivity contribution in [1.82, 2.24) is 24.9 Å². The summed E-state index contributed by atoms with van der Waals surface area (Å²) >= 11 is 0. The van der Waals surface area contributed by atoms with E-state index in [1.165, 1.54) is 12.8 Å². The van der Waals surface area contributed by atoms with E-state index in [0.717, 1.165) is 24.6 Å². The van der Waals surface area contributed by atoms with Gasteiger partial charge in [0.25, 0.3) is 5.78 Å². The van der Waals surface area contributed by atoms with E-state index in [9.17, 15) is 0 Å². The maximum absolute atomic E-state index is 4.35. The first-order chi connectivity index (χ1) is 9.24. The van der Waals surface area contributed by atoms with Crippen molar-refractivity contribution in [3.63, 3.8) is 0 Å². The normalized spacial score (nSPS) is 21.5. The maximum atomic E-state index is 4.35. The molecule has 0 aromatic carbocycles. The topological polar surface area (TPSA) is 67.1 Å².